The van der Waals surface area contributed by atoms with Crippen molar-refractivity contribution < 1.29 is 0 Å². The molecule has 10 nitrogen and oxygen atoms in total. The Balaban J connectivity index is 1.19. The van der Waals surface area contributed by atoms with Crippen LogP contribution in [0.15, 0.2) is 218 Å². The van der Waals surface area contributed by atoms with Crippen LogP contribution in [0.2, 0.25) is 0 Å². The van der Waals surface area contributed by atoms with Gasteiger partial charge in [0.25, 0.3) is 0 Å². The van der Waals surface area contributed by atoms with Crippen LogP contribution in [-0.4, -0.2) is 29.5 Å². The summed E-state index contributed by atoms with van der Waals surface area (Å²) in [4.78, 5) is 33.3. The molecule has 0 aliphatic rings. The van der Waals surface area contributed by atoms with Gasteiger partial charge in [0, 0.05) is 55.3 Å². The SMILES string of the molecule is [C-]#[N+]c1cc(C#N)cc(-c2ccc3c4ccc(-c5cc(C#N)cc([N+]#[C-])c5)cc4n(-c4ccc(-c5nc(-c6ccccc6)nc(-c6ccccc6)n5)cc4-c4cc(-c5ccccc5)nc(-c5ccccc5)n4)c3c2)c1. The molecule has 0 radical (unpaired) electrons. The first-order chi connectivity index (χ1) is 36.9. The van der Waals surface area contributed by atoms with E-state index < -0.39 is 0 Å². The van der Waals surface area contributed by atoms with Crippen molar-refractivity contribution in [2.75, 3.05) is 0 Å². The minimum Gasteiger partial charge on any atom is -0.309 e. The van der Waals surface area contributed by atoms with E-state index in [9.17, 15) is 10.5 Å². The molecule has 0 aliphatic heterocycles. The van der Waals surface area contributed by atoms with Crippen molar-refractivity contribution in [2.24, 2.45) is 0 Å². The molecule has 12 aromatic rings. The van der Waals surface area contributed by atoms with Gasteiger partial charge in [0.1, 0.15) is 0 Å². The standard InChI is InChI=1S/C65H36N10/c1-68-52-31-41(39-66)29-50(33-52)47-23-26-54-55-27-24-48(51-30-42(40-67)32-53(34-51)69-2)37-61(55)75(60(54)36-47)59-28-25-49(65-73-63(45-19-11-5-12-20-45)72-64(74-65)46-21-13-6-14-22-46)35-56(59)58-38-57(43-15-7-3-8-16-43)70-62(71-58)44-17-9-4-10-18-44/h3-38H. The first-order valence-electron chi connectivity index (χ1n) is 23.9. The monoisotopic (exact) mass is 956 g/mol. The molecule has 0 aliphatic carbocycles. The van der Waals surface area contributed by atoms with Crippen molar-refractivity contribution in [1.82, 2.24) is 29.5 Å². The third kappa shape index (κ3) is 8.66. The molecule has 9 aromatic carbocycles. The molecule has 0 unspecified atom stereocenters. The number of hydrogen-bond donors (Lipinski definition) is 0. The van der Waals surface area contributed by atoms with E-state index in [0.29, 0.717) is 57.1 Å². The molecule has 0 saturated carbocycles. The second-order valence-corrected chi connectivity index (χ2v) is 17.7. The van der Waals surface area contributed by atoms with Crippen LogP contribution in [0.4, 0.5) is 11.4 Å². The summed E-state index contributed by atoms with van der Waals surface area (Å²) in [6.45, 7) is 15.7. The van der Waals surface area contributed by atoms with Gasteiger partial charge in [-0.2, -0.15) is 10.5 Å². The van der Waals surface area contributed by atoms with Gasteiger partial charge in [-0.15, -0.1) is 0 Å². The minimum atomic E-state index is 0.363. The summed E-state index contributed by atoms with van der Waals surface area (Å²) in [6, 6.07) is 75.2. The van der Waals surface area contributed by atoms with E-state index in [4.69, 9.17) is 38.1 Å². The Morgan fingerprint density at radius 1 is 0.347 bits per heavy atom. The Hall–Kier alpha value is -11.2. The molecule has 3 heterocycles. The Kier molecular flexibility index (Phi) is 11.5. The number of nitriles is 2. The fourth-order valence-corrected chi connectivity index (χ4v) is 9.52. The second kappa shape index (κ2) is 19.2. The van der Waals surface area contributed by atoms with Gasteiger partial charge in [-0.05, 0) is 95.1 Å². The minimum absolute atomic E-state index is 0.363. The summed E-state index contributed by atoms with van der Waals surface area (Å²) in [5.74, 6) is 2.05. The summed E-state index contributed by atoms with van der Waals surface area (Å²) >= 11 is 0. The van der Waals surface area contributed by atoms with Crippen molar-refractivity contribution in [1.29, 1.82) is 10.5 Å². The van der Waals surface area contributed by atoms with Crippen LogP contribution in [0.25, 0.3) is 128 Å². The molecule has 0 fully saturated rings. The maximum Gasteiger partial charge on any atom is 0.189 e. The lowest BCUT2D eigenvalue weighted by Crippen LogP contribution is -2.03. The number of hydrogen-bond acceptors (Lipinski definition) is 7. The maximum absolute atomic E-state index is 10.0. The van der Waals surface area contributed by atoms with Crippen LogP contribution in [0.5, 0.6) is 0 Å². The molecule has 0 N–H and O–H groups in total. The first kappa shape index (κ1) is 45.0. The van der Waals surface area contributed by atoms with Gasteiger partial charge in [0.15, 0.2) is 34.7 Å². The molecule has 0 spiro atoms. The fourth-order valence-electron chi connectivity index (χ4n) is 9.52. The van der Waals surface area contributed by atoms with Gasteiger partial charge in [-0.25, -0.2) is 34.6 Å². The average Bonchev–Trinajstić information content (AvgIpc) is 3.82. The molecule has 346 valence electrons. The smallest absolute Gasteiger partial charge is 0.189 e. The summed E-state index contributed by atoms with van der Waals surface area (Å²) < 4.78 is 2.22. The van der Waals surface area contributed by atoms with E-state index in [1.54, 1.807) is 36.4 Å². The van der Waals surface area contributed by atoms with Gasteiger partial charge in [-0.3, -0.25) is 0 Å². The Morgan fingerprint density at radius 2 is 0.760 bits per heavy atom. The van der Waals surface area contributed by atoms with Crippen LogP contribution in [0.1, 0.15) is 11.1 Å². The molecular formula is C65H36N10. The zero-order valence-corrected chi connectivity index (χ0v) is 39.8. The van der Waals surface area contributed by atoms with Crippen molar-refractivity contribution in [3.63, 3.8) is 0 Å². The highest BCUT2D eigenvalue weighted by Gasteiger charge is 2.23. The number of benzene rings is 9. The molecule has 0 amide bonds. The summed E-state index contributed by atoms with van der Waals surface area (Å²) in [5.41, 5.74) is 13.3. The van der Waals surface area contributed by atoms with Crippen molar-refractivity contribution >= 4 is 33.2 Å². The lowest BCUT2D eigenvalue weighted by Gasteiger charge is -2.17. The van der Waals surface area contributed by atoms with E-state index in [2.05, 4.69) is 62.8 Å². The van der Waals surface area contributed by atoms with Gasteiger partial charge in [0.05, 0.1) is 53.4 Å². The lowest BCUT2D eigenvalue weighted by atomic mass is 9.99. The van der Waals surface area contributed by atoms with Crippen molar-refractivity contribution in [3.05, 3.63) is 252 Å². The molecule has 10 heteroatoms. The molecule has 0 atom stereocenters. The molecule has 0 saturated heterocycles. The summed E-state index contributed by atoms with van der Waals surface area (Å²) in [6.07, 6.45) is 0. The molecule has 0 bridgehead atoms. The van der Waals surface area contributed by atoms with Crippen molar-refractivity contribution in [2.45, 2.75) is 0 Å². The molecule has 75 heavy (non-hydrogen) atoms. The number of aromatic nitrogens is 6. The van der Waals surface area contributed by atoms with Crippen molar-refractivity contribution in [3.8, 4) is 108 Å². The highest BCUT2D eigenvalue weighted by Crippen LogP contribution is 2.42. The number of rotatable bonds is 9. The van der Waals surface area contributed by atoms with Gasteiger partial charge in [0.2, 0.25) is 0 Å². The third-order valence-electron chi connectivity index (χ3n) is 13.1. The van der Waals surface area contributed by atoms with Gasteiger partial charge >= 0.3 is 0 Å². The normalized spacial score (nSPS) is 10.9. The second-order valence-electron chi connectivity index (χ2n) is 17.7. The average molecular weight is 957 g/mol. The Labute approximate surface area is 431 Å². The summed E-state index contributed by atoms with van der Waals surface area (Å²) in [7, 11) is 0. The predicted octanol–water partition coefficient (Wildman–Crippen LogP) is 15.9. The third-order valence-corrected chi connectivity index (χ3v) is 13.1. The van der Waals surface area contributed by atoms with Crippen LogP contribution in [-0.2, 0) is 0 Å². The maximum atomic E-state index is 10.0. The zero-order valence-electron chi connectivity index (χ0n) is 39.8. The van der Waals surface area contributed by atoms with E-state index in [-0.39, 0.29) is 0 Å². The fraction of sp³-hybridized carbons (Fsp3) is 0. The summed E-state index contributed by atoms with van der Waals surface area (Å²) in [5, 5.41) is 22.0. The van der Waals surface area contributed by atoms with Crippen LogP contribution < -0.4 is 0 Å². The van der Waals surface area contributed by atoms with E-state index in [0.717, 1.165) is 83.3 Å². The molecule has 12 rings (SSSR count). The topological polar surface area (TPSA) is 126 Å². The van der Waals surface area contributed by atoms with Crippen LogP contribution in [0.3, 0.4) is 0 Å². The lowest BCUT2D eigenvalue weighted by molar-refractivity contribution is 1.07. The van der Waals surface area contributed by atoms with E-state index in [1.165, 1.54) is 0 Å². The van der Waals surface area contributed by atoms with Crippen LogP contribution >= 0.6 is 0 Å². The van der Waals surface area contributed by atoms with E-state index in [1.807, 2.05) is 146 Å². The van der Waals surface area contributed by atoms with Gasteiger partial charge < -0.3 is 4.57 Å². The highest BCUT2D eigenvalue weighted by molar-refractivity contribution is 6.12. The van der Waals surface area contributed by atoms with Crippen LogP contribution in [0, 0.1) is 35.8 Å². The Morgan fingerprint density at radius 3 is 1.21 bits per heavy atom. The quantitative estimate of drug-likeness (QED) is 0.132. The number of nitrogens with zero attached hydrogens (tertiary/aromatic N) is 10. The largest absolute Gasteiger partial charge is 0.309 e. The van der Waals surface area contributed by atoms with E-state index >= 15 is 0 Å². The van der Waals surface area contributed by atoms with Gasteiger partial charge in [-0.1, -0.05) is 146 Å². The molecule has 3 aromatic heterocycles. The zero-order chi connectivity index (χ0) is 50.8. The predicted molar refractivity (Wildman–Crippen MR) is 295 cm³/mol. The first-order valence-corrected chi connectivity index (χ1v) is 23.9. The molecular weight excluding hydrogens is 921 g/mol. The number of fused-ring (bicyclic) bond motifs is 3. The Bertz CT molecular complexity index is 4080. The highest BCUT2D eigenvalue weighted by atomic mass is 15.0.